The van der Waals surface area contributed by atoms with Gasteiger partial charge in [-0.1, -0.05) is 50.2 Å². The number of sulfone groups is 1. The summed E-state index contributed by atoms with van der Waals surface area (Å²) in [6.07, 6.45) is 0.833. The first-order valence-electron chi connectivity index (χ1n) is 10.0. The van der Waals surface area contributed by atoms with Crippen LogP contribution in [-0.4, -0.2) is 43.5 Å². The van der Waals surface area contributed by atoms with Gasteiger partial charge < -0.3 is 15.2 Å². The first-order chi connectivity index (χ1) is 14.5. The molecule has 0 heterocycles. The number of carboxylic acids is 1. The minimum Gasteiger partial charge on any atom is -0.480 e. The predicted octanol–water partition coefficient (Wildman–Crippen LogP) is 3.14. The van der Waals surface area contributed by atoms with Crippen LogP contribution >= 0.6 is 0 Å². The van der Waals surface area contributed by atoms with Crippen LogP contribution in [0.1, 0.15) is 53.2 Å². The van der Waals surface area contributed by atoms with E-state index in [1.165, 1.54) is 5.56 Å². The molecule has 2 aromatic rings. The summed E-state index contributed by atoms with van der Waals surface area (Å²) >= 11 is 0. The van der Waals surface area contributed by atoms with Crippen LogP contribution < -0.4 is 5.32 Å². The Morgan fingerprint density at radius 2 is 1.68 bits per heavy atom. The normalized spacial score (nSPS) is 12.5. The second-order valence-electron chi connectivity index (χ2n) is 7.87. The summed E-state index contributed by atoms with van der Waals surface area (Å²) in [6.45, 7) is 5.13. The number of carbonyl (C=O) groups is 2. The lowest BCUT2D eigenvalue weighted by Gasteiger charge is -2.14. The van der Waals surface area contributed by atoms with Gasteiger partial charge in [-0.3, -0.25) is 4.79 Å². The molecule has 0 saturated heterocycles. The topological polar surface area (TPSA) is 110 Å². The van der Waals surface area contributed by atoms with Crippen molar-refractivity contribution >= 4 is 21.7 Å². The highest BCUT2D eigenvalue weighted by molar-refractivity contribution is 7.90. The Balaban J connectivity index is 1.89. The number of ether oxygens (including phenoxy) is 1. The molecule has 2 N–H and O–H groups in total. The summed E-state index contributed by atoms with van der Waals surface area (Å²) in [6, 6.07) is 13.6. The fourth-order valence-electron chi connectivity index (χ4n) is 2.91. The third-order valence-electron chi connectivity index (χ3n) is 4.75. The molecule has 2 aromatic carbocycles. The van der Waals surface area contributed by atoms with E-state index in [1.54, 1.807) is 24.3 Å². The number of carboxylic acid groups (broad SMARTS) is 1. The van der Waals surface area contributed by atoms with Crippen molar-refractivity contribution < 1.29 is 27.9 Å². The van der Waals surface area contributed by atoms with Crippen LogP contribution in [0, 0.1) is 0 Å². The first-order valence-corrected chi connectivity index (χ1v) is 12.1. The van der Waals surface area contributed by atoms with Crippen molar-refractivity contribution in [2.45, 2.75) is 45.4 Å². The Morgan fingerprint density at radius 3 is 2.26 bits per heavy atom. The number of carbonyl (C=O) groups excluding carboxylic acids is 1. The highest BCUT2D eigenvalue weighted by Gasteiger charge is 2.22. The Kier molecular flexibility index (Phi) is 8.76. The SMILES string of the molecule is CC(C)c1cccc(COCc2ccc(C(=O)NC(CCS(C)(=O)=O)C(=O)O)cc2)c1. The van der Waals surface area contributed by atoms with Crippen molar-refractivity contribution in [3.05, 3.63) is 70.8 Å². The van der Waals surface area contributed by atoms with Crippen LogP contribution in [0.2, 0.25) is 0 Å². The van der Waals surface area contributed by atoms with Gasteiger partial charge in [0.25, 0.3) is 5.91 Å². The van der Waals surface area contributed by atoms with Crippen LogP contribution in [0.25, 0.3) is 0 Å². The molecule has 2 rings (SSSR count). The molecule has 1 atom stereocenters. The van der Waals surface area contributed by atoms with Crippen molar-refractivity contribution in [3.63, 3.8) is 0 Å². The Labute approximate surface area is 183 Å². The average molecular weight is 448 g/mol. The Morgan fingerprint density at radius 1 is 1.03 bits per heavy atom. The van der Waals surface area contributed by atoms with E-state index in [2.05, 4.69) is 31.3 Å². The van der Waals surface area contributed by atoms with Gasteiger partial charge in [-0.25, -0.2) is 13.2 Å². The molecule has 8 heteroatoms. The second kappa shape index (κ2) is 11.1. The average Bonchev–Trinajstić information content (AvgIpc) is 2.70. The maximum absolute atomic E-state index is 12.3. The van der Waals surface area contributed by atoms with E-state index in [9.17, 15) is 23.1 Å². The molecule has 0 fully saturated rings. The molecule has 1 amide bonds. The molecule has 0 aliphatic heterocycles. The Hall–Kier alpha value is -2.71. The largest absolute Gasteiger partial charge is 0.480 e. The molecule has 168 valence electrons. The van der Waals surface area contributed by atoms with Crippen LogP contribution in [0.4, 0.5) is 0 Å². The molecular formula is C23H29NO6S. The lowest BCUT2D eigenvalue weighted by Crippen LogP contribution is -2.41. The minimum absolute atomic E-state index is 0.191. The maximum Gasteiger partial charge on any atom is 0.326 e. The fourth-order valence-corrected chi connectivity index (χ4v) is 3.58. The number of aliphatic carboxylic acids is 1. The number of hydrogen-bond acceptors (Lipinski definition) is 5. The molecule has 0 aromatic heterocycles. The van der Waals surface area contributed by atoms with Crippen LogP contribution in [0.3, 0.4) is 0 Å². The molecular weight excluding hydrogens is 418 g/mol. The van der Waals surface area contributed by atoms with Crippen LogP contribution in [0.15, 0.2) is 48.5 Å². The zero-order valence-corrected chi connectivity index (χ0v) is 18.8. The van der Waals surface area contributed by atoms with Crippen molar-refractivity contribution in [2.24, 2.45) is 0 Å². The van der Waals surface area contributed by atoms with E-state index in [1.807, 2.05) is 12.1 Å². The highest BCUT2D eigenvalue weighted by Crippen LogP contribution is 2.16. The number of benzene rings is 2. The fraction of sp³-hybridized carbons (Fsp3) is 0.391. The summed E-state index contributed by atoms with van der Waals surface area (Å²) in [4.78, 5) is 23.6. The van der Waals surface area contributed by atoms with Gasteiger partial charge >= 0.3 is 5.97 Å². The summed E-state index contributed by atoms with van der Waals surface area (Å²) < 4.78 is 28.3. The van der Waals surface area contributed by atoms with E-state index in [4.69, 9.17) is 4.74 Å². The van der Waals surface area contributed by atoms with Crippen LogP contribution in [-0.2, 0) is 32.6 Å². The van der Waals surface area contributed by atoms with Crippen molar-refractivity contribution in [1.29, 1.82) is 0 Å². The third kappa shape index (κ3) is 8.51. The van der Waals surface area contributed by atoms with Gasteiger partial charge in [0.15, 0.2) is 0 Å². The minimum atomic E-state index is -3.32. The molecule has 0 saturated carbocycles. The number of rotatable bonds is 11. The van der Waals surface area contributed by atoms with Crippen molar-refractivity contribution in [2.75, 3.05) is 12.0 Å². The summed E-state index contributed by atoms with van der Waals surface area (Å²) in [5.41, 5.74) is 3.52. The number of hydrogen-bond donors (Lipinski definition) is 2. The lowest BCUT2D eigenvalue weighted by molar-refractivity contribution is -0.139. The van der Waals surface area contributed by atoms with E-state index < -0.39 is 27.8 Å². The van der Waals surface area contributed by atoms with Gasteiger partial charge in [-0.15, -0.1) is 0 Å². The molecule has 1 unspecified atom stereocenters. The zero-order valence-electron chi connectivity index (χ0n) is 18.0. The highest BCUT2D eigenvalue weighted by atomic mass is 32.2. The monoisotopic (exact) mass is 447 g/mol. The quantitative estimate of drug-likeness (QED) is 0.548. The summed E-state index contributed by atoms with van der Waals surface area (Å²) in [5.74, 6) is -1.71. The molecule has 0 radical (unpaired) electrons. The lowest BCUT2D eigenvalue weighted by atomic mass is 10.0. The predicted molar refractivity (Wildman–Crippen MR) is 119 cm³/mol. The van der Waals surface area contributed by atoms with Gasteiger partial charge in [0.2, 0.25) is 0 Å². The first kappa shape index (κ1) is 24.6. The molecule has 31 heavy (non-hydrogen) atoms. The van der Waals surface area contributed by atoms with Gasteiger partial charge in [-0.05, 0) is 41.2 Å². The van der Waals surface area contributed by atoms with E-state index >= 15 is 0 Å². The third-order valence-corrected chi connectivity index (χ3v) is 5.73. The van der Waals surface area contributed by atoms with E-state index in [0.29, 0.717) is 24.7 Å². The maximum atomic E-state index is 12.3. The molecule has 0 spiro atoms. The van der Waals surface area contributed by atoms with E-state index in [0.717, 1.165) is 17.4 Å². The number of nitrogens with one attached hydrogen (secondary N) is 1. The van der Waals surface area contributed by atoms with Crippen molar-refractivity contribution in [1.82, 2.24) is 5.32 Å². The van der Waals surface area contributed by atoms with Gasteiger partial charge in [-0.2, -0.15) is 0 Å². The van der Waals surface area contributed by atoms with E-state index in [-0.39, 0.29) is 12.2 Å². The van der Waals surface area contributed by atoms with Crippen LogP contribution in [0.5, 0.6) is 0 Å². The molecule has 7 nitrogen and oxygen atoms in total. The van der Waals surface area contributed by atoms with Gasteiger partial charge in [0.1, 0.15) is 15.9 Å². The smallest absolute Gasteiger partial charge is 0.326 e. The Bertz CT molecular complexity index is 999. The standard InChI is InChI=1S/C23H29NO6S/c1-16(2)20-6-4-5-18(13-20)15-30-14-17-7-9-19(10-8-17)22(25)24-21(23(26)27)11-12-31(3,28)29/h4-10,13,16,21H,11-12,14-15H2,1-3H3,(H,24,25)(H,26,27). The summed E-state index contributed by atoms with van der Waals surface area (Å²) in [5, 5.41) is 11.6. The summed E-state index contributed by atoms with van der Waals surface area (Å²) in [7, 11) is -3.32. The van der Waals surface area contributed by atoms with Gasteiger partial charge in [0.05, 0.1) is 19.0 Å². The second-order valence-corrected chi connectivity index (χ2v) is 10.1. The molecule has 0 aliphatic rings. The number of amides is 1. The molecule has 0 bridgehead atoms. The molecule has 0 aliphatic carbocycles. The zero-order chi connectivity index (χ0) is 23.0. The van der Waals surface area contributed by atoms with Crippen molar-refractivity contribution in [3.8, 4) is 0 Å². The van der Waals surface area contributed by atoms with Gasteiger partial charge in [0, 0.05) is 11.8 Å².